The lowest BCUT2D eigenvalue weighted by Crippen LogP contribution is -2.60. The molecule has 6 atom stereocenters. The quantitative estimate of drug-likeness (QED) is 0.157. The first-order chi connectivity index (χ1) is 14.0. The molecule has 0 heterocycles. The maximum atomic E-state index is 12.8. The summed E-state index contributed by atoms with van der Waals surface area (Å²) < 4.78 is 0. The lowest BCUT2D eigenvalue weighted by molar-refractivity contribution is -0.145. The summed E-state index contributed by atoms with van der Waals surface area (Å²) in [6, 6.07) is -4.79. The van der Waals surface area contributed by atoms with Crippen LogP contribution in [0.5, 0.6) is 0 Å². The third-order valence-corrected chi connectivity index (χ3v) is 5.26. The van der Waals surface area contributed by atoms with Crippen molar-refractivity contribution in [3.63, 3.8) is 0 Å². The second kappa shape index (κ2) is 14.2. The molecule has 0 bridgehead atoms. The molecular weight excluding hydrogens is 416 g/mol. The zero-order valence-corrected chi connectivity index (χ0v) is 18.6. The van der Waals surface area contributed by atoms with Gasteiger partial charge in [0.2, 0.25) is 17.7 Å². The van der Waals surface area contributed by atoms with Gasteiger partial charge in [-0.05, 0) is 31.3 Å². The Kier molecular flexibility index (Phi) is 13.3. The maximum absolute atomic E-state index is 12.8. The molecule has 0 aromatic rings. The molecule has 0 radical (unpaired) electrons. The van der Waals surface area contributed by atoms with E-state index < -0.39 is 60.6 Å². The Morgan fingerprint density at radius 1 is 1.00 bits per heavy atom. The van der Waals surface area contributed by atoms with Gasteiger partial charge in [-0.1, -0.05) is 20.3 Å². The molecule has 0 aromatic heterocycles. The van der Waals surface area contributed by atoms with Crippen molar-refractivity contribution in [3.8, 4) is 0 Å². The van der Waals surface area contributed by atoms with E-state index in [1.165, 1.54) is 18.7 Å². The number of aliphatic carboxylic acids is 1. The van der Waals surface area contributed by atoms with Gasteiger partial charge in [-0.25, -0.2) is 4.79 Å². The average Bonchev–Trinajstić information content (AvgIpc) is 2.70. The normalized spacial score (nSPS) is 17.0. The summed E-state index contributed by atoms with van der Waals surface area (Å²) in [6.45, 7) is 4.15. The Labute approximate surface area is 180 Å². The van der Waals surface area contributed by atoms with Crippen LogP contribution in [0.15, 0.2) is 0 Å². The number of hydrogen-bond acceptors (Lipinski definition) is 8. The number of rotatable bonds is 14. The number of amides is 3. The largest absolute Gasteiger partial charge is 0.480 e. The van der Waals surface area contributed by atoms with E-state index >= 15 is 0 Å². The molecule has 8 N–H and O–H groups in total. The van der Waals surface area contributed by atoms with E-state index in [4.69, 9.17) is 15.9 Å². The topological polar surface area (TPSA) is 191 Å². The first-order valence-corrected chi connectivity index (χ1v) is 11.1. The van der Waals surface area contributed by atoms with Crippen LogP contribution < -0.4 is 21.7 Å². The third kappa shape index (κ3) is 9.28. The highest BCUT2D eigenvalue weighted by Gasteiger charge is 2.33. The van der Waals surface area contributed by atoms with E-state index in [0.29, 0.717) is 12.2 Å². The molecule has 0 saturated heterocycles. The number of aliphatic hydroxyl groups excluding tert-OH is 2. The van der Waals surface area contributed by atoms with Crippen molar-refractivity contribution in [2.45, 2.75) is 63.9 Å². The highest BCUT2D eigenvalue weighted by atomic mass is 32.2. The molecule has 174 valence electrons. The molecule has 0 rings (SSSR count). The molecule has 30 heavy (non-hydrogen) atoms. The minimum atomic E-state index is -1.53. The van der Waals surface area contributed by atoms with Crippen LogP contribution in [0.4, 0.5) is 0 Å². The number of nitrogens with one attached hydrogen (secondary N) is 3. The first kappa shape index (κ1) is 28.1. The van der Waals surface area contributed by atoms with Crippen LogP contribution in [0.25, 0.3) is 0 Å². The molecule has 12 heteroatoms. The second-order valence-electron chi connectivity index (χ2n) is 7.07. The number of carboxylic acid groups (broad SMARTS) is 1. The van der Waals surface area contributed by atoms with Crippen molar-refractivity contribution < 1.29 is 34.5 Å². The van der Waals surface area contributed by atoms with Gasteiger partial charge < -0.3 is 37.0 Å². The van der Waals surface area contributed by atoms with Crippen LogP contribution in [0, 0.1) is 5.92 Å². The van der Waals surface area contributed by atoms with Crippen LogP contribution in [0.1, 0.15) is 33.6 Å². The van der Waals surface area contributed by atoms with Gasteiger partial charge in [-0.3, -0.25) is 14.4 Å². The third-order valence-electron chi connectivity index (χ3n) is 4.62. The Morgan fingerprint density at radius 3 is 2.00 bits per heavy atom. The van der Waals surface area contributed by atoms with E-state index in [-0.39, 0.29) is 12.3 Å². The van der Waals surface area contributed by atoms with Gasteiger partial charge >= 0.3 is 5.97 Å². The fourth-order valence-corrected chi connectivity index (χ4v) is 2.93. The number of thioether (sulfide) groups is 1. The zero-order chi connectivity index (χ0) is 23.4. The Bertz CT molecular complexity index is 591. The highest BCUT2D eigenvalue weighted by Crippen LogP contribution is 2.11. The minimum Gasteiger partial charge on any atom is -0.480 e. The fourth-order valence-electron chi connectivity index (χ4n) is 2.45. The number of carbonyl (C=O) groups is 4. The van der Waals surface area contributed by atoms with Crippen molar-refractivity contribution in [2.24, 2.45) is 11.7 Å². The SMILES string of the molecule is CCC(C)C(NC(=O)C(CCSC)NC(=O)C(N)CO)C(=O)NC(C(=O)O)C(C)O. The van der Waals surface area contributed by atoms with Gasteiger partial charge in [0, 0.05) is 0 Å². The summed E-state index contributed by atoms with van der Waals surface area (Å²) in [5, 5.41) is 35.0. The molecule has 0 aliphatic heterocycles. The molecule has 0 saturated carbocycles. The lowest BCUT2D eigenvalue weighted by atomic mass is 9.97. The standard InChI is InChI=1S/C18H34N4O7S/c1-5-9(2)13(17(27)22-14(10(3)24)18(28)29)21-16(26)12(6-7-30-4)20-15(25)11(19)8-23/h9-14,23-24H,5-8,19H2,1-4H3,(H,20,25)(H,21,26)(H,22,27)(H,28,29). The van der Waals surface area contributed by atoms with Crippen LogP contribution in [0.2, 0.25) is 0 Å². The van der Waals surface area contributed by atoms with E-state index in [0.717, 1.165) is 0 Å². The van der Waals surface area contributed by atoms with Gasteiger partial charge in [0.1, 0.15) is 18.1 Å². The molecule has 0 aliphatic carbocycles. The number of carbonyl (C=O) groups excluding carboxylic acids is 3. The van der Waals surface area contributed by atoms with Crippen molar-refractivity contribution in [1.82, 2.24) is 16.0 Å². The minimum absolute atomic E-state index is 0.261. The van der Waals surface area contributed by atoms with E-state index in [2.05, 4.69) is 16.0 Å². The average molecular weight is 451 g/mol. The van der Waals surface area contributed by atoms with Crippen molar-refractivity contribution in [2.75, 3.05) is 18.6 Å². The van der Waals surface area contributed by atoms with E-state index in [1.807, 2.05) is 6.26 Å². The predicted molar refractivity (Wildman–Crippen MR) is 113 cm³/mol. The Morgan fingerprint density at radius 2 is 1.57 bits per heavy atom. The zero-order valence-electron chi connectivity index (χ0n) is 17.8. The molecule has 0 aliphatic rings. The van der Waals surface area contributed by atoms with Gasteiger partial charge in [0.15, 0.2) is 6.04 Å². The molecule has 6 unspecified atom stereocenters. The number of carboxylic acids is 1. The van der Waals surface area contributed by atoms with Crippen LogP contribution in [-0.4, -0.2) is 87.9 Å². The van der Waals surface area contributed by atoms with E-state index in [1.54, 1.807) is 13.8 Å². The molecular formula is C18H34N4O7S. The smallest absolute Gasteiger partial charge is 0.328 e. The molecule has 11 nitrogen and oxygen atoms in total. The highest BCUT2D eigenvalue weighted by molar-refractivity contribution is 7.98. The van der Waals surface area contributed by atoms with Crippen molar-refractivity contribution in [3.05, 3.63) is 0 Å². The summed E-state index contributed by atoms with van der Waals surface area (Å²) in [5.74, 6) is -3.32. The van der Waals surface area contributed by atoms with E-state index in [9.17, 15) is 24.3 Å². The Balaban J connectivity index is 5.46. The summed E-state index contributed by atoms with van der Waals surface area (Å²) in [6.07, 6.45) is 1.25. The van der Waals surface area contributed by atoms with Gasteiger partial charge in [-0.2, -0.15) is 11.8 Å². The van der Waals surface area contributed by atoms with Crippen molar-refractivity contribution in [1.29, 1.82) is 0 Å². The molecule has 0 aromatic carbocycles. The molecule has 0 fully saturated rings. The predicted octanol–water partition coefficient (Wildman–Crippen LogP) is -1.97. The van der Waals surface area contributed by atoms with Gasteiger partial charge in [0.05, 0.1) is 12.7 Å². The molecule has 0 spiro atoms. The van der Waals surface area contributed by atoms with Crippen LogP contribution in [-0.2, 0) is 19.2 Å². The first-order valence-electron chi connectivity index (χ1n) is 9.67. The number of hydrogen-bond donors (Lipinski definition) is 7. The summed E-state index contributed by atoms with van der Waals surface area (Å²) in [7, 11) is 0. The van der Waals surface area contributed by atoms with Crippen LogP contribution >= 0.6 is 11.8 Å². The second-order valence-corrected chi connectivity index (χ2v) is 8.05. The van der Waals surface area contributed by atoms with Crippen LogP contribution in [0.3, 0.4) is 0 Å². The van der Waals surface area contributed by atoms with Gasteiger partial charge in [-0.15, -0.1) is 0 Å². The lowest BCUT2D eigenvalue weighted by Gasteiger charge is -2.28. The molecule has 3 amide bonds. The van der Waals surface area contributed by atoms with Crippen molar-refractivity contribution >= 4 is 35.5 Å². The monoisotopic (exact) mass is 450 g/mol. The summed E-state index contributed by atoms with van der Waals surface area (Å²) in [4.78, 5) is 48.7. The summed E-state index contributed by atoms with van der Waals surface area (Å²) in [5.41, 5.74) is 5.48. The number of aliphatic hydroxyl groups is 2. The summed E-state index contributed by atoms with van der Waals surface area (Å²) >= 11 is 1.46. The Hall–Kier alpha value is -1.89. The number of nitrogens with two attached hydrogens (primary N) is 1. The maximum Gasteiger partial charge on any atom is 0.328 e. The fraction of sp³-hybridized carbons (Fsp3) is 0.778. The van der Waals surface area contributed by atoms with Gasteiger partial charge in [0.25, 0.3) is 0 Å².